The topological polar surface area (TPSA) is 87.7 Å². The molecule has 0 aliphatic heterocycles. The van der Waals surface area contributed by atoms with Gasteiger partial charge in [-0.15, -0.1) is 0 Å². The molecule has 0 saturated heterocycles. The zero-order valence-electron chi connectivity index (χ0n) is 12.9. The van der Waals surface area contributed by atoms with E-state index in [-0.39, 0.29) is 18.8 Å². The Bertz CT molecular complexity index is 747. The van der Waals surface area contributed by atoms with Gasteiger partial charge >= 0.3 is 0 Å². The Morgan fingerprint density at radius 1 is 1.12 bits per heavy atom. The summed E-state index contributed by atoms with van der Waals surface area (Å²) in [5, 5.41) is 10.0. The van der Waals surface area contributed by atoms with Crippen LogP contribution in [0.1, 0.15) is 5.56 Å². The highest BCUT2D eigenvalue weighted by atomic mass is 79.9. The Hall–Kier alpha value is -1.48. The summed E-state index contributed by atoms with van der Waals surface area (Å²) in [5.41, 5.74) is 0.796. The molecule has 0 fully saturated rings. The van der Waals surface area contributed by atoms with E-state index in [1.165, 1.54) is 0 Å². The van der Waals surface area contributed by atoms with E-state index < -0.39 is 16.2 Å². The Morgan fingerprint density at radius 3 is 2.33 bits per heavy atom. The summed E-state index contributed by atoms with van der Waals surface area (Å²) < 4.78 is 38.4. The molecule has 24 heavy (non-hydrogen) atoms. The van der Waals surface area contributed by atoms with Gasteiger partial charge < -0.3 is 9.84 Å². The molecule has 2 rings (SSSR count). The standard InChI is InChI=1S/C16H18BrNO5S/c17-14-1-3-16(4-2-14)23-12-15(19)11-18-8-5-13(6-9-18)7-10-24(20,21)22/h1-6,8-9,15,19H,7,10-12H2/p+1/t15-/m0/s1. The first kappa shape index (κ1) is 18.9. The molecule has 130 valence electrons. The van der Waals surface area contributed by atoms with Crippen LogP contribution in [0.2, 0.25) is 0 Å². The predicted molar refractivity (Wildman–Crippen MR) is 92.4 cm³/mol. The first-order valence-corrected chi connectivity index (χ1v) is 9.71. The minimum atomic E-state index is -3.95. The zero-order chi connectivity index (χ0) is 17.6. The quantitative estimate of drug-likeness (QED) is 0.504. The van der Waals surface area contributed by atoms with Crippen molar-refractivity contribution >= 4 is 26.0 Å². The van der Waals surface area contributed by atoms with Crippen LogP contribution in [0.25, 0.3) is 0 Å². The molecule has 1 atom stereocenters. The molecule has 0 radical (unpaired) electrons. The number of aryl methyl sites for hydroxylation is 1. The van der Waals surface area contributed by atoms with Crippen LogP contribution in [0.5, 0.6) is 5.75 Å². The summed E-state index contributed by atoms with van der Waals surface area (Å²) in [4.78, 5) is 0. The van der Waals surface area contributed by atoms with Gasteiger partial charge in [0, 0.05) is 16.6 Å². The van der Waals surface area contributed by atoms with Gasteiger partial charge in [-0.05, 0) is 36.2 Å². The number of pyridine rings is 1. The first-order valence-electron chi connectivity index (χ1n) is 7.31. The van der Waals surface area contributed by atoms with Crippen LogP contribution in [0, 0.1) is 0 Å². The number of halogens is 1. The fraction of sp³-hybridized carbons (Fsp3) is 0.312. The van der Waals surface area contributed by atoms with Gasteiger partial charge in [-0.2, -0.15) is 8.42 Å². The van der Waals surface area contributed by atoms with Gasteiger partial charge in [0.15, 0.2) is 18.9 Å². The number of aliphatic hydroxyl groups excluding tert-OH is 1. The third kappa shape index (κ3) is 6.96. The number of rotatable bonds is 8. The summed E-state index contributed by atoms with van der Waals surface area (Å²) in [6, 6.07) is 10.9. The molecule has 0 aliphatic rings. The van der Waals surface area contributed by atoms with Crippen LogP contribution < -0.4 is 9.30 Å². The summed E-state index contributed by atoms with van der Waals surface area (Å²) in [6.45, 7) is 0.522. The number of benzene rings is 1. The van der Waals surface area contributed by atoms with E-state index in [0.29, 0.717) is 12.3 Å². The maximum absolute atomic E-state index is 10.7. The number of hydrogen-bond acceptors (Lipinski definition) is 4. The number of hydrogen-bond donors (Lipinski definition) is 2. The molecule has 1 aromatic heterocycles. The second-order valence-corrected chi connectivity index (χ2v) is 7.85. The Balaban J connectivity index is 1.81. The SMILES string of the molecule is O=S(=O)(O)CCc1cc[n+](C[C@H](O)COc2ccc(Br)cc2)cc1. The molecule has 8 heteroatoms. The minimum absolute atomic E-state index is 0.166. The average Bonchev–Trinajstić information content (AvgIpc) is 2.53. The Labute approximate surface area is 149 Å². The van der Waals surface area contributed by atoms with Gasteiger partial charge in [-0.1, -0.05) is 15.9 Å². The van der Waals surface area contributed by atoms with Crippen molar-refractivity contribution in [2.75, 3.05) is 12.4 Å². The third-order valence-electron chi connectivity index (χ3n) is 3.29. The third-order valence-corrected chi connectivity index (χ3v) is 4.54. The minimum Gasteiger partial charge on any atom is -0.491 e. The molecular weight excluding hydrogens is 398 g/mol. The maximum Gasteiger partial charge on any atom is 0.265 e. The van der Waals surface area contributed by atoms with Crippen molar-refractivity contribution in [3.8, 4) is 5.75 Å². The molecule has 0 aliphatic carbocycles. The molecule has 1 aromatic carbocycles. The number of nitrogens with zero attached hydrogens (tertiary/aromatic N) is 1. The molecule has 0 amide bonds. The van der Waals surface area contributed by atoms with E-state index in [9.17, 15) is 13.5 Å². The highest BCUT2D eigenvalue weighted by molar-refractivity contribution is 9.10. The molecule has 1 heterocycles. The predicted octanol–water partition coefficient (Wildman–Crippen LogP) is 1.61. The zero-order valence-corrected chi connectivity index (χ0v) is 15.3. The van der Waals surface area contributed by atoms with Crippen LogP contribution in [0.15, 0.2) is 53.3 Å². The molecule has 0 saturated carbocycles. The monoisotopic (exact) mass is 416 g/mol. The van der Waals surface area contributed by atoms with Crippen molar-refractivity contribution in [2.45, 2.75) is 19.1 Å². The normalized spacial score (nSPS) is 12.8. The fourth-order valence-electron chi connectivity index (χ4n) is 2.04. The highest BCUT2D eigenvalue weighted by Gasteiger charge is 2.12. The molecule has 0 spiro atoms. The van der Waals surface area contributed by atoms with Gasteiger partial charge in [0.2, 0.25) is 0 Å². The molecule has 2 N–H and O–H groups in total. The molecule has 0 bridgehead atoms. The second kappa shape index (κ2) is 8.57. The largest absolute Gasteiger partial charge is 0.491 e. The van der Waals surface area contributed by atoms with Gasteiger partial charge in [0.25, 0.3) is 10.1 Å². The van der Waals surface area contributed by atoms with Crippen LogP contribution in [-0.2, 0) is 23.1 Å². The lowest BCUT2D eigenvalue weighted by Gasteiger charge is -2.10. The van der Waals surface area contributed by atoms with Crippen molar-refractivity contribution in [1.29, 1.82) is 0 Å². The molecule has 6 nitrogen and oxygen atoms in total. The Morgan fingerprint density at radius 2 is 1.75 bits per heavy atom. The van der Waals surface area contributed by atoms with E-state index in [1.807, 2.05) is 24.3 Å². The summed E-state index contributed by atoms with van der Waals surface area (Å²) in [6.07, 6.45) is 3.07. The van der Waals surface area contributed by atoms with Gasteiger partial charge in [-0.25, -0.2) is 4.57 Å². The number of aromatic nitrogens is 1. The average molecular weight is 417 g/mol. The fourth-order valence-corrected chi connectivity index (χ4v) is 2.80. The van der Waals surface area contributed by atoms with Crippen molar-refractivity contribution < 1.29 is 27.4 Å². The van der Waals surface area contributed by atoms with Crippen molar-refractivity contribution in [2.24, 2.45) is 0 Å². The maximum atomic E-state index is 10.7. The molecule has 0 unspecified atom stereocenters. The van der Waals surface area contributed by atoms with Crippen LogP contribution in [0.4, 0.5) is 0 Å². The lowest BCUT2D eigenvalue weighted by atomic mass is 10.2. The van der Waals surface area contributed by atoms with Crippen LogP contribution in [-0.4, -0.2) is 36.5 Å². The van der Waals surface area contributed by atoms with Gasteiger partial charge in [0.05, 0.1) is 5.75 Å². The van der Waals surface area contributed by atoms with Crippen molar-refractivity contribution in [1.82, 2.24) is 0 Å². The second-order valence-electron chi connectivity index (χ2n) is 5.36. The van der Waals surface area contributed by atoms with Crippen molar-refractivity contribution in [3.63, 3.8) is 0 Å². The van der Waals surface area contributed by atoms with E-state index in [2.05, 4.69) is 15.9 Å². The highest BCUT2D eigenvalue weighted by Crippen LogP contribution is 2.16. The molecular formula is C16H19BrNO5S+. The number of ether oxygens (including phenoxy) is 1. The van der Waals surface area contributed by atoms with Crippen LogP contribution >= 0.6 is 15.9 Å². The number of aliphatic hydroxyl groups is 1. The summed E-state index contributed by atoms with van der Waals surface area (Å²) in [5.74, 6) is 0.378. The van der Waals surface area contributed by atoms with Crippen LogP contribution in [0.3, 0.4) is 0 Å². The van der Waals surface area contributed by atoms with E-state index >= 15 is 0 Å². The lowest BCUT2D eigenvalue weighted by molar-refractivity contribution is -0.703. The summed E-state index contributed by atoms with van der Waals surface area (Å²) >= 11 is 3.34. The Kier molecular flexibility index (Phi) is 6.73. The van der Waals surface area contributed by atoms with Gasteiger partial charge in [-0.3, -0.25) is 4.55 Å². The molecule has 2 aromatic rings. The van der Waals surface area contributed by atoms with E-state index in [4.69, 9.17) is 9.29 Å². The smallest absolute Gasteiger partial charge is 0.265 e. The lowest BCUT2D eigenvalue weighted by Crippen LogP contribution is -2.41. The van der Waals surface area contributed by atoms with E-state index in [1.54, 1.807) is 29.1 Å². The van der Waals surface area contributed by atoms with Crippen molar-refractivity contribution in [3.05, 3.63) is 58.8 Å². The summed E-state index contributed by atoms with van der Waals surface area (Å²) in [7, 11) is -3.95. The van der Waals surface area contributed by atoms with E-state index in [0.717, 1.165) is 10.0 Å². The first-order chi connectivity index (χ1) is 11.3. The van der Waals surface area contributed by atoms with Gasteiger partial charge in [0.1, 0.15) is 18.5 Å².